The number of halogens is 2. The molecule has 1 aromatic carbocycles. The number of nitrogens with one attached hydrogen (secondary N) is 1. The zero-order chi connectivity index (χ0) is 14.2. The first-order valence-electron chi connectivity index (χ1n) is 5.20. The second-order valence-electron chi connectivity index (χ2n) is 3.80. The third-order valence-electron chi connectivity index (χ3n) is 2.50. The van der Waals surface area contributed by atoms with Crippen LogP contribution in [0.1, 0.15) is 16.1 Å². The number of aromatic carboxylic acids is 1. The lowest BCUT2D eigenvalue weighted by Crippen LogP contribution is -2.21. The van der Waals surface area contributed by atoms with E-state index in [-0.39, 0.29) is 11.3 Å². The van der Waals surface area contributed by atoms with Gasteiger partial charge in [-0.2, -0.15) is 0 Å². The van der Waals surface area contributed by atoms with Crippen molar-refractivity contribution in [3.63, 3.8) is 0 Å². The van der Waals surface area contributed by atoms with Gasteiger partial charge < -0.3 is 10.1 Å². The van der Waals surface area contributed by atoms with Gasteiger partial charge in [0, 0.05) is 13.6 Å². The minimum atomic E-state index is -1.28. The number of rotatable bonds is 2. The minimum absolute atomic E-state index is 0.196. The van der Waals surface area contributed by atoms with Crippen LogP contribution in [0.15, 0.2) is 27.5 Å². The summed E-state index contributed by atoms with van der Waals surface area (Å²) in [7, 11) is 0. The highest BCUT2D eigenvalue weighted by molar-refractivity contribution is 14.1. The molecule has 1 heterocycles. The Morgan fingerprint density at radius 1 is 1.47 bits per heavy atom. The van der Waals surface area contributed by atoms with Crippen LogP contribution >= 0.6 is 38.5 Å². The molecule has 2 aromatic rings. The van der Waals surface area contributed by atoms with E-state index < -0.39 is 11.5 Å². The highest BCUT2D eigenvalue weighted by Crippen LogP contribution is 2.25. The number of carboxylic acids is 1. The van der Waals surface area contributed by atoms with Gasteiger partial charge in [0.25, 0.3) is 5.56 Å². The molecule has 0 aliphatic rings. The van der Waals surface area contributed by atoms with Gasteiger partial charge in [-0.3, -0.25) is 4.79 Å². The maximum Gasteiger partial charge on any atom is 0.343 e. The molecule has 0 radical (unpaired) electrons. The molecule has 98 valence electrons. The summed E-state index contributed by atoms with van der Waals surface area (Å²) in [5, 5.41) is 8.94. The van der Waals surface area contributed by atoms with Gasteiger partial charge in [-0.05, 0) is 47.7 Å². The third-order valence-corrected chi connectivity index (χ3v) is 3.93. The average Bonchev–Trinajstić information content (AvgIpc) is 2.30. The first kappa shape index (κ1) is 14.2. The monoisotopic (exact) mass is 434 g/mol. The Labute approximate surface area is 130 Å². The van der Waals surface area contributed by atoms with E-state index in [0.29, 0.717) is 5.82 Å². The summed E-state index contributed by atoms with van der Waals surface area (Å²) in [6.45, 7) is 1.51. The Balaban J connectivity index is 2.68. The van der Waals surface area contributed by atoms with E-state index >= 15 is 0 Å². The minimum Gasteiger partial charge on any atom is -0.477 e. The SMILES string of the molecule is Cc1nc(-c2cc(Br)ccc2I)[nH]c(=O)c1C(=O)O. The number of benzene rings is 1. The van der Waals surface area contributed by atoms with Crippen molar-refractivity contribution < 1.29 is 9.90 Å². The van der Waals surface area contributed by atoms with E-state index in [9.17, 15) is 9.59 Å². The number of hydrogen-bond donors (Lipinski definition) is 2. The Bertz CT molecular complexity index is 727. The Hall–Kier alpha value is -1.22. The lowest BCUT2D eigenvalue weighted by Gasteiger charge is -2.07. The summed E-state index contributed by atoms with van der Waals surface area (Å²) >= 11 is 5.48. The number of nitrogens with zero attached hydrogens (tertiary/aromatic N) is 1. The van der Waals surface area contributed by atoms with Gasteiger partial charge in [-0.15, -0.1) is 0 Å². The van der Waals surface area contributed by atoms with Crippen LogP contribution in [0.5, 0.6) is 0 Å². The van der Waals surface area contributed by atoms with Crippen LogP contribution in [-0.2, 0) is 0 Å². The molecule has 0 spiro atoms. The highest BCUT2D eigenvalue weighted by atomic mass is 127. The first-order chi connectivity index (χ1) is 8.90. The van der Waals surface area contributed by atoms with Crippen LogP contribution in [0.25, 0.3) is 11.4 Å². The Morgan fingerprint density at radius 3 is 2.74 bits per heavy atom. The van der Waals surface area contributed by atoms with E-state index in [4.69, 9.17) is 5.11 Å². The van der Waals surface area contributed by atoms with Crippen molar-refractivity contribution >= 4 is 44.5 Å². The molecular formula is C12H8BrIN2O3. The molecule has 0 aliphatic carbocycles. The van der Waals surface area contributed by atoms with Crippen molar-refractivity contribution in [2.24, 2.45) is 0 Å². The molecule has 0 bridgehead atoms. The standard InChI is InChI=1S/C12H8BrIN2O3/c1-5-9(12(18)19)11(17)16-10(15-5)7-4-6(13)2-3-8(7)14/h2-4H,1H3,(H,18,19)(H,15,16,17). The summed E-state index contributed by atoms with van der Waals surface area (Å²) in [6, 6.07) is 5.57. The van der Waals surface area contributed by atoms with E-state index in [1.165, 1.54) is 6.92 Å². The van der Waals surface area contributed by atoms with Crippen LogP contribution in [0.2, 0.25) is 0 Å². The van der Waals surface area contributed by atoms with Crippen LogP contribution in [0.3, 0.4) is 0 Å². The smallest absolute Gasteiger partial charge is 0.343 e. The van der Waals surface area contributed by atoms with Gasteiger partial charge in [0.1, 0.15) is 11.4 Å². The van der Waals surface area contributed by atoms with Gasteiger partial charge in [0.2, 0.25) is 0 Å². The van der Waals surface area contributed by atoms with E-state index in [1.54, 1.807) is 0 Å². The zero-order valence-corrected chi connectivity index (χ0v) is 13.4. The molecule has 1 aromatic heterocycles. The van der Waals surface area contributed by atoms with E-state index in [0.717, 1.165) is 13.6 Å². The summed E-state index contributed by atoms with van der Waals surface area (Å²) in [4.78, 5) is 29.4. The molecule has 2 rings (SSSR count). The molecule has 0 saturated carbocycles. The van der Waals surface area contributed by atoms with Crippen molar-refractivity contribution in [1.29, 1.82) is 0 Å². The van der Waals surface area contributed by atoms with Crippen LogP contribution in [0.4, 0.5) is 0 Å². The van der Waals surface area contributed by atoms with Gasteiger partial charge in [-0.1, -0.05) is 15.9 Å². The lowest BCUT2D eigenvalue weighted by atomic mass is 10.2. The van der Waals surface area contributed by atoms with Crippen molar-refractivity contribution in [2.75, 3.05) is 0 Å². The molecule has 0 amide bonds. The molecule has 2 N–H and O–H groups in total. The molecule has 0 atom stereocenters. The van der Waals surface area contributed by atoms with Crippen LogP contribution < -0.4 is 5.56 Å². The third kappa shape index (κ3) is 2.86. The molecule has 19 heavy (non-hydrogen) atoms. The van der Waals surface area contributed by atoms with Gasteiger partial charge in [-0.25, -0.2) is 9.78 Å². The molecule has 0 aliphatic heterocycles. The number of H-pyrrole nitrogens is 1. The first-order valence-corrected chi connectivity index (χ1v) is 7.07. The number of aryl methyl sites for hydroxylation is 1. The summed E-state index contributed by atoms with van der Waals surface area (Å²) < 4.78 is 1.76. The largest absolute Gasteiger partial charge is 0.477 e. The predicted octanol–water partition coefficient (Wildman–Crippen LogP) is 2.81. The maximum absolute atomic E-state index is 11.8. The number of hydrogen-bond acceptors (Lipinski definition) is 3. The van der Waals surface area contributed by atoms with Gasteiger partial charge >= 0.3 is 5.97 Å². The quantitative estimate of drug-likeness (QED) is 0.712. The Kier molecular flexibility index (Phi) is 4.04. The molecule has 7 heteroatoms. The topological polar surface area (TPSA) is 83.0 Å². The predicted molar refractivity (Wildman–Crippen MR) is 82.4 cm³/mol. The van der Waals surface area contributed by atoms with E-state index in [1.807, 2.05) is 18.2 Å². The van der Waals surface area contributed by atoms with Crippen LogP contribution in [0, 0.1) is 10.5 Å². The van der Waals surface area contributed by atoms with Gasteiger partial charge in [0.05, 0.1) is 5.69 Å². The normalized spacial score (nSPS) is 10.5. The van der Waals surface area contributed by atoms with Crippen molar-refractivity contribution in [3.8, 4) is 11.4 Å². The molecular weight excluding hydrogens is 427 g/mol. The van der Waals surface area contributed by atoms with Gasteiger partial charge in [0.15, 0.2) is 0 Å². The molecule has 0 fully saturated rings. The summed E-state index contributed by atoms with van der Waals surface area (Å²) in [5.74, 6) is -0.917. The Morgan fingerprint density at radius 2 is 2.16 bits per heavy atom. The van der Waals surface area contributed by atoms with E-state index in [2.05, 4.69) is 48.5 Å². The molecule has 5 nitrogen and oxygen atoms in total. The number of aromatic amines is 1. The fraction of sp³-hybridized carbons (Fsp3) is 0.0833. The maximum atomic E-state index is 11.8. The number of carbonyl (C=O) groups is 1. The fourth-order valence-corrected chi connectivity index (χ4v) is 2.60. The molecule has 0 unspecified atom stereocenters. The fourth-order valence-electron chi connectivity index (χ4n) is 1.64. The van der Waals surface area contributed by atoms with Crippen LogP contribution in [-0.4, -0.2) is 21.0 Å². The second kappa shape index (κ2) is 5.41. The summed E-state index contributed by atoms with van der Waals surface area (Å²) in [5.41, 5.74) is -0.0336. The number of carboxylic acid groups (broad SMARTS) is 1. The average molecular weight is 435 g/mol. The van der Waals surface area contributed by atoms with Crippen molar-refractivity contribution in [2.45, 2.75) is 6.92 Å². The molecule has 0 saturated heterocycles. The van der Waals surface area contributed by atoms with Crippen molar-refractivity contribution in [3.05, 3.63) is 47.9 Å². The highest BCUT2D eigenvalue weighted by Gasteiger charge is 2.16. The van der Waals surface area contributed by atoms with Crippen molar-refractivity contribution in [1.82, 2.24) is 9.97 Å². The zero-order valence-electron chi connectivity index (χ0n) is 9.70. The summed E-state index contributed by atoms with van der Waals surface area (Å²) in [6.07, 6.45) is 0. The lowest BCUT2D eigenvalue weighted by molar-refractivity contribution is 0.0693. The number of aromatic nitrogens is 2. The second-order valence-corrected chi connectivity index (χ2v) is 5.88.